The van der Waals surface area contributed by atoms with Gasteiger partial charge in [-0.15, -0.1) is 0 Å². The van der Waals surface area contributed by atoms with Gasteiger partial charge in [0.25, 0.3) is 0 Å². The van der Waals surface area contributed by atoms with E-state index in [1.807, 2.05) is 6.92 Å². The molecule has 0 amide bonds. The van der Waals surface area contributed by atoms with Gasteiger partial charge in [-0.2, -0.15) is 0 Å². The molecule has 1 fully saturated rings. The van der Waals surface area contributed by atoms with Crippen molar-refractivity contribution in [2.45, 2.75) is 45.4 Å². The molecule has 1 aliphatic rings. The number of carbonyl (C=O) groups is 1. The van der Waals surface area contributed by atoms with E-state index in [-0.39, 0.29) is 23.0 Å². The first-order valence-corrected chi connectivity index (χ1v) is 4.96. The van der Waals surface area contributed by atoms with Gasteiger partial charge in [0.05, 0.1) is 0 Å². The third-order valence-corrected chi connectivity index (χ3v) is 2.96. The second-order valence-electron chi connectivity index (χ2n) is 3.73. The maximum atomic E-state index is 10.7. The molecule has 0 aliphatic heterocycles. The first-order valence-electron chi connectivity index (χ1n) is 4.96. The minimum absolute atomic E-state index is 0. The van der Waals surface area contributed by atoms with Crippen molar-refractivity contribution in [1.82, 2.24) is 0 Å². The van der Waals surface area contributed by atoms with Gasteiger partial charge >= 0.3 is 17.1 Å². The number of aliphatic carboxylic acids is 1. The monoisotopic (exact) mass is 232 g/mol. The number of carboxylic acids is 1. The molecule has 0 saturated heterocycles. The van der Waals surface area contributed by atoms with Gasteiger partial charge in [-0.05, 0) is 25.2 Å². The number of hydrogen-bond acceptors (Lipinski definition) is 2. The van der Waals surface area contributed by atoms with Crippen LogP contribution >= 0.6 is 0 Å². The Hall–Kier alpha value is -0.0105. The van der Waals surface area contributed by atoms with Crippen LogP contribution in [0.25, 0.3) is 0 Å². The summed E-state index contributed by atoms with van der Waals surface area (Å²) in [5.41, 5.74) is 0. The molecule has 0 N–H and O–H groups in total. The normalized spacial score (nSPS) is 20.4. The van der Waals surface area contributed by atoms with Crippen molar-refractivity contribution < 1.29 is 27.0 Å². The third kappa shape index (κ3) is 3.70. The predicted octanol–water partition coefficient (Wildman–Crippen LogP) is 1.34. The zero-order chi connectivity index (χ0) is 8.97. The van der Waals surface area contributed by atoms with Gasteiger partial charge in [0.2, 0.25) is 0 Å². The number of carboxylic acid groups (broad SMARTS) is 1. The largest absolute Gasteiger partial charge is 1.00 e. The van der Waals surface area contributed by atoms with Crippen LogP contribution in [0.15, 0.2) is 0 Å². The van der Waals surface area contributed by atoms with Crippen molar-refractivity contribution in [2.24, 2.45) is 11.8 Å². The third-order valence-electron chi connectivity index (χ3n) is 2.96. The van der Waals surface area contributed by atoms with Gasteiger partial charge in [0, 0.05) is 11.9 Å². The maximum absolute atomic E-state index is 10.7. The molecule has 0 aromatic heterocycles. The van der Waals surface area contributed by atoms with E-state index < -0.39 is 5.97 Å². The molecule has 1 atom stereocenters. The fraction of sp³-hybridized carbons (Fsp3) is 0.900. The van der Waals surface area contributed by atoms with Crippen molar-refractivity contribution in [3.8, 4) is 0 Å². The maximum Gasteiger partial charge on any atom is 1.00 e. The summed E-state index contributed by atoms with van der Waals surface area (Å²) in [6.45, 7) is 1.94. The molecule has 0 bridgehead atoms. The van der Waals surface area contributed by atoms with Crippen LogP contribution in [0.5, 0.6) is 0 Å². The Morgan fingerprint density at radius 2 is 1.92 bits per heavy atom. The van der Waals surface area contributed by atoms with Crippen LogP contribution in [0.4, 0.5) is 0 Å². The molecule has 0 radical (unpaired) electrons. The topological polar surface area (TPSA) is 40.1 Å². The van der Waals surface area contributed by atoms with Gasteiger partial charge in [0.15, 0.2) is 0 Å². The molecule has 0 aromatic rings. The van der Waals surface area contributed by atoms with Crippen molar-refractivity contribution in [1.29, 1.82) is 0 Å². The fourth-order valence-electron chi connectivity index (χ4n) is 2.23. The Bertz CT molecular complexity index is 153. The summed E-state index contributed by atoms with van der Waals surface area (Å²) in [7, 11) is 0. The van der Waals surface area contributed by atoms with Gasteiger partial charge in [0.1, 0.15) is 0 Å². The Balaban J connectivity index is 0.00000144. The number of rotatable bonds is 3. The van der Waals surface area contributed by atoms with E-state index in [4.69, 9.17) is 0 Å². The molecular formula is C10H17CuO2. The van der Waals surface area contributed by atoms with Crippen LogP contribution < -0.4 is 5.11 Å². The van der Waals surface area contributed by atoms with E-state index in [2.05, 4.69) is 0 Å². The van der Waals surface area contributed by atoms with E-state index in [1.54, 1.807) is 0 Å². The molecule has 80 valence electrons. The molecule has 1 aliphatic carbocycles. The van der Waals surface area contributed by atoms with E-state index >= 15 is 0 Å². The molecule has 13 heavy (non-hydrogen) atoms. The zero-order valence-corrected chi connectivity index (χ0v) is 8.96. The van der Waals surface area contributed by atoms with Gasteiger partial charge in [-0.1, -0.05) is 26.2 Å². The van der Waals surface area contributed by atoms with E-state index in [1.165, 1.54) is 19.3 Å². The zero-order valence-electron chi connectivity index (χ0n) is 8.02. The molecule has 1 unspecified atom stereocenters. The van der Waals surface area contributed by atoms with Crippen molar-refractivity contribution in [2.75, 3.05) is 0 Å². The quantitative estimate of drug-likeness (QED) is 0.689. The smallest absolute Gasteiger partial charge is 0.550 e. The summed E-state index contributed by atoms with van der Waals surface area (Å²) in [4.78, 5) is 10.7. The predicted molar refractivity (Wildman–Crippen MR) is 45.4 cm³/mol. The Kier molecular flexibility index (Phi) is 6.44. The Morgan fingerprint density at radius 3 is 2.31 bits per heavy atom. The van der Waals surface area contributed by atoms with Gasteiger partial charge in [-0.3, -0.25) is 0 Å². The first kappa shape index (κ1) is 13.0. The molecule has 3 heteroatoms. The van der Waals surface area contributed by atoms with Crippen molar-refractivity contribution in [3.63, 3.8) is 0 Å². The Labute approximate surface area is 90.6 Å². The van der Waals surface area contributed by atoms with E-state index in [9.17, 15) is 9.90 Å². The molecule has 1 saturated carbocycles. The standard InChI is InChI=1S/C10H18O2.Cu/c1-2-9(10(11)12)8-6-4-3-5-7-8;/h8-9H,2-7H2,1H3,(H,11,12);/q;+1/p-1. The Morgan fingerprint density at radius 1 is 1.38 bits per heavy atom. The molecule has 2 nitrogen and oxygen atoms in total. The van der Waals surface area contributed by atoms with Crippen molar-refractivity contribution in [3.05, 3.63) is 0 Å². The summed E-state index contributed by atoms with van der Waals surface area (Å²) in [6.07, 6.45) is 6.59. The minimum atomic E-state index is -0.843. The minimum Gasteiger partial charge on any atom is -0.550 e. The molecular weight excluding hydrogens is 216 g/mol. The van der Waals surface area contributed by atoms with E-state index in [0.29, 0.717) is 5.92 Å². The van der Waals surface area contributed by atoms with Crippen LogP contribution in [0.2, 0.25) is 0 Å². The van der Waals surface area contributed by atoms with Gasteiger partial charge in [-0.25, -0.2) is 0 Å². The summed E-state index contributed by atoms with van der Waals surface area (Å²) in [5.74, 6) is -0.636. The summed E-state index contributed by atoms with van der Waals surface area (Å²) < 4.78 is 0. The molecule has 0 spiro atoms. The summed E-state index contributed by atoms with van der Waals surface area (Å²) >= 11 is 0. The molecule has 1 rings (SSSR count). The van der Waals surface area contributed by atoms with Gasteiger partial charge < -0.3 is 9.90 Å². The fourth-order valence-corrected chi connectivity index (χ4v) is 2.23. The van der Waals surface area contributed by atoms with E-state index in [0.717, 1.165) is 19.3 Å². The van der Waals surface area contributed by atoms with Crippen LogP contribution in [-0.4, -0.2) is 5.97 Å². The average molecular weight is 233 g/mol. The average Bonchev–Trinajstić information content (AvgIpc) is 2.07. The molecule has 0 heterocycles. The second kappa shape index (κ2) is 6.44. The van der Waals surface area contributed by atoms with Crippen molar-refractivity contribution >= 4 is 5.97 Å². The number of hydrogen-bond donors (Lipinski definition) is 0. The summed E-state index contributed by atoms with van der Waals surface area (Å²) in [5, 5.41) is 10.7. The summed E-state index contributed by atoms with van der Waals surface area (Å²) in [6, 6.07) is 0. The van der Waals surface area contributed by atoms with Crippen LogP contribution in [-0.2, 0) is 21.9 Å². The first-order chi connectivity index (χ1) is 5.75. The number of carbonyl (C=O) groups excluding carboxylic acids is 1. The SMILES string of the molecule is CCC(C(=O)[O-])C1CCCCC1.[Cu+]. The second-order valence-corrected chi connectivity index (χ2v) is 3.73. The van der Waals surface area contributed by atoms with Crippen LogP contribution in [0.3, 0.4) is 0 Å². The van der Waals surface area contributed by atoms with Crippen LogP contribution in [0.1, 0.15) is 45.4 Å². The molecule has 0 aromatic carbocycles. The van der Waals surface area contributed by atoms with Crippen LogP contribution in [0, 0.1) is 11.8 Å².